The van der Waals surface area contributed by atoms with Crippen molar-refractivity contribution in [3.63, 3.8) is 0 Å². The van der Waals surface area contributed by atoms with Crippen molar-refractivity contribution in [2.45, 2.75) is 32.5 Å². The first-order chi connectivity index (χ1) is 13.2. The number of nitrogens with zero attached hydrogens (tertiary/aromatic N) is 2. The van der Waals surface area contributed by atoms with Crippen molar-refractivity contribution < 1.29 is 9.18 Å². The minimum Gasteiger partial charge on any atom is -0.356 e. The monoisotopic (exact) mass is 368 g/mol. The van der Waals surface area contributed by atoms with Crippen LogP contribution in [0, 0.1) is 5.82 Å². The maximum absolute atomic E-state index is 12.9. The quantitative estimate of drug-likeness (QED) is 0.468. The smallest absolute Gasteiger partial charge is 0.223 e. The fourth-order valence-corrected chi connectivity index (χ4v) is 3.12. The van der Waals surface area contributed by atoms with Crippen LogP contribution >= 0.6 is 0 Å². The summed E-state index contributed by atoms with van der Waals surface area (Å²) in [5, 5.41) is 6.39. The number of amides is 1. The van der Waals surface area contributed by atoms with E-state index in [1.54, 1.807) is 19.2 Å². The van der Waals surface area contributed by atoms with Crippen LogP contribution in [0.5, 0.6) is 0 Å². The van der Waals surface area contributed by atoms with E-state index in [-0.39, 0.29) is 11.7 Å². The van der Waals surface area contributed by atoms with E-state index >= 15 is 0 Å². The first kappa shape index (κ1) is 18.9. The summed E-state index contributed by atoms with van der Waals surface area (Å²) >= 11 is 0. The van der Waals surface area contributed by atoms with E-state index in [1.165, 1.54) is 23.3 Å². The van der Waals surface area contributed by atoms with Crippen molar-refractivity contribution in [2.24, 2.45) is 4.99 Å². The average molecular weight is 368 g/mol. The van der Waals surface area contributed by atoms with E-state index < -0.39 is 0 Å². The standard InChI is InChI=1S/C21H25FN4O/c1-23-21(25-13-16-8-10-19(22)11-9-16)24-12-4-7-20(27)26-14-17-5-2-3-6-18(17)15-26/h2-3,5-6,8-11H,4,7,12-15H2,1H3,(H2,23,24,25). The van der Waals surface area contributed by atoms with Crippen LogP contribution in [-0.4, -0.2) is 30.4 Å². The SMILES string of the molecule is CN=C(NCCCC(=O)N1Cc2ccccc2C1)NCc1ccc(F)cc1. The molecular formula is C21H25FN4O. The maximum Gasteiger partial charge on any atom is 0.223 e. The summed E-state index contributed by atoms with van der Waals surface area (Å²) in [6.45, 7) is 2.65. The Kier molecular flexibility index (Phi) is 6.41. The minimum absolute atomic E-state index is 0.183. The molecule has 2 aromatic rings. The first-order valence-corrected chi connectivity index (χ1v) is 9.19. The molecule has 0 aromatic heterocycles. The average Bonchev–Trinajstić information content (AvgIpc) is 3.13. The molecule has 1 aliphatic rings. The van der Waals surface area contributed by atoms with Crippen molar-refractivity contribution in [1.82, 2.24) is 15.5 Å². The Morgan fingerprint density at radius 3 is 2.37 bits per heavy atom. The first-order valence-electron chi connectivity index (χ1n) is 9.19. The van der Waals surface area contributed by atoms with Crippen LogP contribution in [0.2, 0.25) is 0 Å². The van der Waals surface area contributed by atoms with Crippen LogP contribution in [0.4, 0.5) is 4.39 Å². The van der Waals surface area contributed by atoms with E-state index in [1.807, 2.05) is 17.0 Å². The van der Waals surface area contributed by atoms with Crippen LogP contribution in [0.3, 0.4) is 0 Å². The van der Waals surface area contributed by atoms with E-state index in [0.717, 1.165) is 12.0 Å². The van der Waals surface area contributed by atoms with Gasteiger partial charge in [0, 0.05) is 39.6 Å². The molecule has 0 radical (unpaired) electrons. The van der Waals surface area contributed by atoms with Gasteiger partial charge < -0.3 is 15.5 Å². The molecule has 0 bridgehead atoms. The summed E-state index contributed by atoms with van der Waals surface area (Å²) in [4.78, 5) is 18.5. The van der Waals surface area contributed by atoms with Gasteiger partial charge in [0.1, 0.15) is 5.82 Å². The summed E-state index contributed by atoms with van der Waals surface area (Å²) in [5.41, 5.74) is 3.46. The zero-order chi connectivity index (χ0) is 19.1. The molecule has 142 valence electrons. The van der Waals surface area contributed by atoms with E-state index in [9.17, 15) is 9.18 Å². The Morgan fingerprint density at radius 1 is 1.07 bits per heavy atom. The lowest BCUT2D eigenvalue weighted by Crippen LogP contribution is -2.37. The molecule has 5 nitrogen and oxygen atoms in total. The number of fused-ring (bicyclic) bond motifs is 1. The van der Waals surface area contributed by atoms with Gasteiger partial charge in [-0.15, -0.1) is 0 Å². The van der Waals surface area contributed by atoms with Gasteiger partial charge in [-0.1, -0.05) is 36.4 Å². The highest BCUT2D eigenvalue weighted by atomic mass is 19.1. The lowest BCUT2D eigenvalue weighted by atomic mass is 10.1. The summed E-state index contributed by atoms with van der Waals surface area (Å²) in [5.74, 6) is 0.606. The number of hydrogen-bond donors (Lipinski definition) is 2. The van der Waals surface area contributed by atoms with Crippen molar-refractivity contribution in [1.29, 1.82) is 0 Å². The Hall–Kier alpha value is -2.89. The van der Waals surface area contributed by atoms with Crippen LogP contribution in [0.15, 0.2) is 53.5 Å². The zero-order valence-corrected chi connectivity index (χ0v) is 15.5. The third-order valence-electron chi connectivity index (χ3n) is 4.65. The molecule has 0 atom stereocenters. The summed E-state index contributed by atoms with van der Waals surface area (Å²) in [6.07, 6.45) is 1.25. The Balaban J connectivity index is 1.35. The fourth-order valence-electron chi connectivity index (χ4n) is 3.12. The van der Waals surface area contributed by atoms with Gasteiger partial charge in [0.25, 0.3) is 0 Å². The van der Waals surface area contributed by atoms with Crippen LogP contribution in [0.25, 0.3) is 0 Å². The topological polar surface area (TPSA) is 56.7 Å². The third-order valence-corrected chi connectivity index (χ3v) is 4.65. The van der Waals surface area contributed by atoms with Crippen LogP contribution < -0.4 is 10.6 Å². The molecule has 0 aliphatic carbocycles. The number of carbonyl (C=O) groups is 1. The van der Waals surface area contributed by atoms with E-state index in [4.69, 9.17) is 0 Å². The van der Waals surface area contributed by atoms with Gasteiger partial charge in [0.15, 0.2) is 5.96 Å². The predicted molar refractivity (Wildman–Crippen MR) is 105 cm³/mol. The Bertz CT molecular complexity index is 779. The number of nitrogens with one attached hydrogen (secondary N) is 2. The van der Waals surface area contributed by atoms with Gasteiger partial charge in [-0.3, -0.25) is 9.79 Å². The summed E-state index contributed by atoms with van der Waals surface area (Å²) in [7, 11) is 1.70. The molecule has 2 aromatic carbocycles. The number of rotatable bonds is 6. The van der Waals surface area contributed by atoms with Gasteiger partial charge in [-0.05, 0) is 35.2 Å². The molecule has 1 amide bonds. The van der Waals surface area contributed by atoms with Crippen molar-refractivity contribution in [3.8, 4) is 0 Å². The summed E-state index contributed by atoms with van der Waals surface area (Å²) in [6, 6.07) is 14.6. The van der Waals surface area contributed by atoms with Gasteiger partial charge in [-0.25, -0.2) is 4.39 Å². The fraction of sp³-hybridized carbons (Fsp3) is 0.333. The number of aliphatic imine (C=N–C) groups is 1. The second-order valence-electron chi connectivity index (χ2n) is 6.60. The molecule has 1 heterocycles. The Labute approximate surface area is 159 Å². The molecule has 0 fully saturated rings. The number of benzene rings is 2. The second kappa shape index (κ2) is 9.16. The predicted octanol–water partition coefficient (Wildman–Crippen LogP) is 2.81. The number of carbonyl (C=O) groups excluding carboxylic acids is 1. The molecule has 0 unspecified atom stereocenters. The van der Waals surface area contributed by atoms with Gasteiger partial charge in [-0.2, -0.15) is 0 Å². The largest absolute Gasteiger partial charge is 0.356 e. The molecule has 2 N–H and O–H groups in total. The lowest BCUT2D eigenvalue weighted by molar-refractivity contribution is -0.131. The number of halogens is 1. The van der Waals surface area contributed by atoms with Gasteiger partial charge in [0.05, 0.1) is 0 Å². The number of hydrogen-bond acceptors (Lipinski definition) is 2. The molecule has 6 heteroatoms. The van der Waals surface area contributed by atoms with Gasteiger partial charge >= 0.3 is 0 Å². The van der Waals surface area contributed by atoms with Crippen LogP contribution in [0.1, 0.15) is 29.5 Å². The van der Waals surface area contributed by atoms with Crippen LogP contribution in [-0.2, 0) is 24.4 Å². The van der Waals surface area contributed by atoms with Gasteiger partial charge in [0.2, 0.25) is 5.91 Å². The molecule has 1 aliphatic heterocycles. The van der Waals surface area contributed by atoms with Crippen molar-refractivity contribution in [2.75, 3.05) is 13.6 Å². The molecule has 0 spiro atoms. The Morgan fingerprint density at radius 2 is 1.74 bits per heavy atom. The lowest BCUT2D eigenvalue weighted by Gasteiger charge is -2.16. The molecule has 27 heavy (non-hydrogen) atoms. The number of guanidine groups is 1. The highest BCUT2D eigenvalue weighted by Crippen LogP contribution is 2.22. The molecule has 3 rings (SSSR count). The highest BCUT2D eigenvalue weighted by Gasteiger charge is 2.22. The van der Waals surface area contributed by atoms with E-state index in [0.29, 0.717) is 38.6 Å². The second-order valence-corrected chi connectivity index (χ2v) is 6.60. The molecule has 0 saturated heterocycles. The normalized spacial score (nSPS) is 13.4. The maximum atomic E-state index is 12.9. The van der Waals surface area contributed by atoms with E-state index in [2.05, 4.69) is 27.8 Å². The third kappa shape index (κ3) is 5.29. The molecule has 0 saturated carbocycles. The van der Waals surface area contributed by atoms with Crippen molar-refractivity contribution in [3.05, 3.63) is 71.0 Å². The highest BCUT2D eigenvalue weighted by molar-refractivity contribution is 5.80. The zero-order valence-electron chi connectivity index (χ0n) is 15.5. The minimum atomic E-state index is -0.243. The summed E-state index contributed by atoms with van der Waals surface area (Å²) < 4.78 is 12.9. The molecular weight excluding hydrogens is 343 g/mol. The van der Waals surface area contributed by atoms with Crippen molar-refractivity contribution >= 4 is 11.9 Å².